The van der Waals surface area contributed by atoms with Crippen LogP contribution in [0.25, 0.3) is 0 Å². The second-order valence-corrected chi connectivity index (χ2v) is 5.30. The van der Waals surface area contributed by atoms with Gasteiger partial charge in [0.15, 0.2) is 0 Å². The van der Waals surface area contributed by atoms with Gasteiger partial charge < -0.3 is 10.6 Å². The number of rotatable bonds is 3. The summed E-state index contributed by atoms with van der Waals surface area (Å²) in [7, 11) is 0. The van der Waals surface area contributed by atoms with Crippen LogP contribution in [0.4, 0.5) is 21.0 Å². The molecule has 7 heteroatoms. The summed E-state index contributed by atoms with van der Waals surface area (Å²) in [6.45, 7) is 0. The van der Waals surface area contributed by atoms with Crippen LogP contribution in [0, 0.1) is 0 Å². The number of para-hydroxylation sites is 2. The third-order valence-corrected chi connectivity index (χ3v) is 3.33. The predicted molar refractivity (Wildman–Crippen MR) is 100 cm³/mol. The smallest absolute Gasteiger partial charge is 0.307 e. The first kappa shape index (κ1) is 17.0. The molecule has 0 unspecified atom stereocenters. The average molecular weight is 347 g/mol. The van der Waals surface area contributed by atoms with Crippen LogP contribution < -0.4 is 21.4 Å². The SMILES string of the molecule is O=C(N=c1ccn(NC(=O)Nc2ccccc2)cc1)Nc1ccccc1. The van der Waals surface area contributed by atoms with Crippen LogP contribution in [0.15, 0.2) is 90.2 Å². The Morgan fingerprint density at radius 1 is 0.731 bits per heavy atom. The molecule has 3 N–H and O–H groups in total. The number of benzene rings is 2. The van der Waals surface area contributed by atoms with E-state index in [0.29, 0.717) is 16.7 Å². The van der Waals surface area contributed by atoms with Crippen LogP contribution in [0.5, 0.6) is 0 Å². The summed E-state index contributed by atoms with van der Waals surface area (Å²) in [5, 5.41) is 5.85. The lowest BCUT2D eigenvalue weighted by atomic mass is 10.3. The molecule has 0 aliphatic heterocycles. The van der Waals surface area contributed by atoms with E-state index in [-0.39, 0.29) is 6.03 Å². The number of amides is 4. The number of urea groups is 2. The minimum absolute atomic E-state index is 0.382. The molecule has 0 aliphatic carbocycles. The van der Waals surface area contributed by atoms with Gasteiger partial charge in [0.1, 0.15) is 0 Å². The van der Waals surface area contributed by atoms with Crippen LogP contribution in [0.3, 0.4) is 0 Å². The van der Waals surface area contributed by atoms with Crippen molar-refractivity contribution >= 4 is 23.4 Å². The standard InChI is InChI=1S/C19H17N5O2/c25-18(20-15-7-3-1-4-8-15)21-17-11-13-24(14-12-17)23-19(26)22-16-9-5-2-6-10-16/h1-14H,(H,20,25)(H2,22,23,26). The van der Waals surface area contributed by atoms with Gasteiger partial charge in [-0.15, -0.1) is 0 Å². The Morgan fingerprint density at radius 3 is 1.85 bits per heavy atom. The summed E-state index contributed by atoms with van der Waals surface area (Å²) in [5.74, 6) is 0. The van der Waals surface area contributed by atoms with Crippen molar-refractivity contribution in [3.63, 3.8) is 0 Å². The van der Waals surface area contributed by atoms with Crippen molar-refractivity contribution in [2.24, 2.45) is 4.99 Å². The van der Waals surface area contributed by atoms with Gasteiger partial charge in [0.2, 0.25) is 0 Å². The van der Waals surface area contributed by atoms with E-state index in [9.17, 15) is 9.59 Å². The molecule has 7 nitrogen and oxygen atoms in total. The molecule has 3 rings (SSSR count). The lowest BCUT2D eigenvalue weighted by Gasteiger charge is -2.09. The summed E-state index contributed by atoms with van der Waals surface area (Å²) in [6, 6.07) is 20.6. The molecule has 0 radical (unpaired) electrons. The van der Waals surface area contributed by atoms with E-state index in [2.05, 4.69) is 21.1 Å². The van der Waals surface area contributed by atoms with Crippen molar-refractivity contribution in [3.8, 4) is 0 Å². The molecular weight excluding hydrogens is 330 g/mol. The Bertz CT molecular complexity index is 932. The number of hydrogen-bond acceptors (Lipinski definition) is 2. The van der Waals surface area contributed by atoms with Crippen LogP contribution >= 0.6 is 0 Å². The zero-order chi connectivity index (χ0) is 18.2. The zero-order valence-corrected chi connectivity index (χ0v) is 13.8. The largest absolute Gasteiger partial charge is 0.345 e. The maximum Gasteiger partial charge on any atom is 0.345 e. The Kier molecular flexibility index (Phi) is 5.41. The molecule has 2 aromatic carbocycles. The van der Waals surface area contributed by atoms with E-state index in [0.717, 1.165) is 0 Å². The first-order valence-corrected chi connectivity index (χ1v) is 7.91. The van der Waals surface area contributed by atoms with Gasteiger partial charge in [0, 0.05) is 23.8 Å². The highest BCUT2D eigenvalue weighted by Gasteiger charge is 2.01. The predicted octanol–water partition coefficient (Wildman–Crippen LogP) is 3.40. The molecule has 26 heavy (non-hydrogen) atoms. The first-order chi connectivity index (χ1) is 12.7. The van der Waals surface area contributed by atoms with Gasteiger partial charge in [-0.3, -0.25) is 4.68 Å². The van der Waals surface area contributed by atoms with Crippen molar-refractivity contribution in [2.75, 3.05) is 16.1 Å². The van der Waals surface area contributed by atoms with E-state index in [1.54, 1.807) is 48.8 Å². The van der Waals surface area contributed by atoms with E-state index < -0.39 is 6.03 Å². The minimum atomic E-state index is -0.469. The average Bonchev–Trinajstić information content (AvgIpc) is 2.65. The van der Waals surface area contributed by atoms with Crippen LogP contribution in [0.1, 0.15) is 0 Å². The molecule has 1 heterocycles. The summed E-state index contributed by atoms with van der Waals surface area (Å²) < 4.78 is 1.46. The monoisotopic (exact) mass is 347 g/mol. The Balaban J connectivity index is 1.59. The van der Waals surface area contributed by atoms with Gasteiger partial charge in [-0.2, -0.15) is 4.99 Å². The number of hydrogen-bond donors (Lipinski definition) is 3. The second kappa shape index (κ2) is 8.29. The molecule has 0 saturated heterocycles. The summed E-state index contributed by atoms with van der Waals surface area (Å²) >= 11 is 0. The summed E-state index contributed by atoms with van der Waals surface area (Å²) in [4.78, 5) is 27.8. The van der Waals surface area contributed by atoms with Crippen molar-refractivity contribution in [3.05, 3.63) is 90.5 Å². The van der Waals surface area contributed by atoms with E-state index in [1.165, 1.54) is 4.68 Å². The molecule has 0 saturated carbocycles. The Hall–Kier alpha value is -3.87. The highest BCUT2D eigenvalue weighted by molar-refractivity contribution is 5.94. The number of carbonyl (C=O) groups is 2. The number of carbonyl (C=O) groups excluding carboxylic acids is 2. The van der Waals surface area contributed by atoms with Gasteiger partial charge in [-0.25, -0.2) is 15.0 Å². The minimum Gasteiger partial charge on any atom is -0.307 e. The number of aromatic nitrogens is 1. The maximum atomic E-state index is 11.9. The molecule has 0 atom stereocenters. The lowest BCUT2D eigenvalue weighted by Crippen LogP contribution is -2.28. The molecule has 0 spiro atoms. The first-order valence-electron chi connectivity index (χ1n) is 7.91. The van der Waals surface area contributed by atoms with Crippen molar-refractivity contribution < 1.29 is 9.59 Å². The van der Waals surface area contributed by atoms with Gasteiger partial charge in [-0.1, -0.05) is 36.4 Å². The van der Waals surface area contributed by atoms with Gasteiger partial charge in [0.25, 0.3) is 0 Å². The lowest BCUT2D eigenvalue weighted by molar-refractivity contribution is 0.258. The van der Waals surface area contributed by atoms with Crippen LogP contribution in [0.2, 0.25) is 0 Å². The number of pyridine rings is 1. The molecular formula is C19H17N5O2. The Labute approximate surface area is 150 Å². The number of nitrogens with one attached hydrogen (secondary N) is 3. The van der Waals surface area contributed by atoms with E-state index in [4.69, 9.17) is 0 Å². The fraction of sp³-hybridized carbons (Fsp3) is 0. The third kappa shape index (κ3) is 5.07. The molecule has 4 amide bonds. The number of nitrogens with zero attached hydrogens (tertiary/aromatic N) is 2. The van der Waals surface area contributed by atoms with Gasteiger partial charge >= 0.3 is 12.1 Å². The van der Waals surface area contributed by atoms with Crippen LogP contribution in [-0.4, -0.2) is 16.7 Å². The van der Waals surface area contributed by atoms with Gasteiger partial charge in [0.05, 0.1) is 5.36 Å². The molecule has 3 aromatic rings. The van der Waals surface area contributed by atoms with Crippen molar-refractivity contribution in [1.29, 1.82) is 0 Å². The highest BCUT2D eigenvalue weighted by Crippen LogP contribution is 2.05. The van der Waals surface area contributed by atoms with E-state index in [1.807, 2.05) is 36.4 Å². The van der Waals surface area contributed by atoms with E-state index >= 15 is 0 Å². The molecule has 0 bridgehead atoms. The fourth-order valence-electron chi connectivity index (χ4n) is 2.16. The summed E-state index contributed by atoms with van der Waals surface area (Å²) in [6.07, 6.45) is 3.19. The van der Waals surface area contributed by atoms with Crippen molar-refractivity contribution in [2.45, 2.75) is 0 Å². The molecule has 1 aromatic heterocycles. The number of anilines is 2. The van der Waals surface area contributed by atoms with Crippen molar-refractivity contribution in [1.82, 2.24) is 4.68 Å². The summed E-state index contributed by atoms with van der Waals surface area (Å²) in [5.41, 5.74) is 4.00. The maximum absolute atomic E-state index is 11.9. The normalized spacial score (nSPS) is 9.85. The van der Waals surface area contributed by atoms with Crippen LogP contribution in [-0.2, 0) is 0 Å². The second-order valence-electron chi connectivity index (χ2n) is 5.30. The molecule has 0 fully saturated rings. The fourth-order valence-corrected chi connectivity index (χ4v) is 2.16. The topological polar surface area (TPSA) is 87.5 Å². The zero-order valence-electron chi connectivity index (χ0n) is 13.8. The third-order valence-electron chi connectivity index (χ3n) is 3.33. The molecule has 0 aliphatic rings. The highest BCUT2D eigenvalue weighted by atomic mass is 16.2. The quantitative estimate of drug-likeness (QED) is 0.678. The van der Waals surface area contributed by atoms with Gasteiger partial charge in [-0.05, 0) is 36.4 Å². The molecule has 130 valence electrons. The Morgan fingerprint density at radius 2 is 1.27 bits per heavy atom.